The molecule has 32 heavy (non-hydrogen) atoms. The Bertz CT molecular complexity index is 800. The average Bonchev–Trinajstić information content (AvgIpc) is 3.57. The SMILES string of the molecule is CC(C)c1cc(OC(F)F)cc(C2CC2)c1CC=O.CN.CN(C)Cc1ccc(S)cc1. The van der Waals surface area contributed by atoms with Crippen LogP contribution in [0.1, 0.15) is 60.8 Å². The first-order valence-electron chi connectivity index (χ1n) is 10.8. The summed E-state index contributed by atoms with van der Waals surface area (Å²) < 4.78 is 29.3. The number of hydrogen-bond acceptors (Lipinski definition) is 5. The van der Waals surface area contributed by atoms with Crippen molar-refractivity contribution in [3.8, 4) is 5.75 Å². The molecule has 0 aliphatic heterocycles. The number of alkyl halides is 2. The lowest BCUT2D eigenvalue weighted by Gasteiger charge is -2.18. The molecular formula is C25H36F2N2O2S. The predicted molar refractivity (Wildman–Crippen MR) is 130 cm³/mol. The van der Waals surface area contributed by atoms with Crippen molar-refractivity contribution in [3.05, 3.63) is 58.7 Å². The molecule has 1 fully saturated rings. The van der Waals surface area contributed by atoms with E-state index in [1.165, 1.54) is 12.6 Å². The van der Waals surface area contributed by atoms with E-state index in [9.17, 15) is 13.6 Å². The van der Waals surface area contributed by atoms with Crippen molar-refractivity contribution in [1.29, 1.82) is 0 Å². The monoisotopic (exact) mass is 466 g/mol. The molecule has 2 N–H and O–H groups in total. The van der Waals surface area contributed by atoms with Crippen LogP contribution in [-0.2, 0) is 17.8 Å². The summed E-state index contributed by atoms with van der Waals surface area (Å²) in [4.78, 5) is 14.0. The number of rotatable bonds is 8. The van der Waals surface area contributed by atoms with Gasteiger partial charge in [0, 0.05) is 17.9 Å². The van der Waals surface area contributed by atoms with Crippen molar-refractivity contribution in [1.82, 2.24) is 4.90 Å². The summed E-state index contributed by atoms with van der Waals surface area (Å²) in [6.45, 7) is 2.16. The van der Waals surface area contributed by atoms with E-state index in [2.05, 4.69) is 54.2 Å². The van der Waals surface area contributed by atoms with Gasteiger partial charge in [-0.05, 0) is 92.3 Å². The molecule has 0 radical (unpaired) electrons. The molecule has 178 valence electrons. The lowest BCUT2D eigenvalue weighted by molar-refractivity contribution is -0.107. The first-order chi connectivity index (χ1) is 15.2. The molecule has 1 saturated carbocycles. The van der Waals surface area contributed by atoms with Crippen LogP contribution < -0.4 is 10.5 Å². The minimum Gasteiger partial charge on any atom is -0.435 e. The van der Waals surface area contributed by atoms with E-state index < -0.39 is 6.61 Å². The second-order valence-electron chi connectivity index (χ2n) is 8.16. The third-order valence-corrected chi connectivity index (χ3v) is 5.18. The van der Waals surface area contributed by atoms with Gasteiger partial charge in [0.2, 0.25) is 0 Å². The van der Waals surface area contributed by atoms with Gasteiger partial charge in [-0.15, -0.1) is 12.6 Å². The maximum Gasteiger partial charge on any atom is 0.387 e. The second kappa shape index (κ2) is 14.2. The number of halogens is 2. The molecule has 2 aromatic carbocycles. The summed E-state index contributed by atoms with van der Waals surface area (Å²) in [5.41, 5.74) is 8.77. The zero-order chi connectivity index (χ0) is 24.3. The molecule has 2 aromatic rings. The van der Waals surface area contributed by atoms with Crippen molar-refractivity contribution < 1.29 is 18.3 Å². The maximum absolute atomic E-state index is 12.4. The number of nitrogens with zero attached hydrogens (tertiary/aromatic N) is 1. The lowest BCUT2D eigenvalue weighted by atomic mass is 9.89. The Balaban J connectivity index is 0.000000335. The fraction of sp³-hybridized carbons (Fsp3) is 0.480. The molecule has 1 aliphatic rings. The van der Waals surface area contributed by atoms with E-state index in [0.29, 0.717) is 12.3 Å². The molecule has 7 heteroatoms. The molecule has 0 heterocycles. The minimum atomic E-state index is -2.82. The van der Waals surface area contributed by atoms with Crippen LogP contribution >= 0.6 is 12.6 Å². The normalized spacial score (nSPS) is 12.8. The smallest absolute Gasteiger partial charge is 0.387 e. The van der Waals surface area contributed by atoms with E-state index in [1.54, 1.807) is 12.1 Å². The van der Waals surface area contributed by atoms with E-state index >= 15 is 0 Å². The first kappa shape index (κ1) is 28.1. The van der Waals surface area contributed by atoms with Crippen LogP contribution in [0, 0.1) is 0 Å². The number of carbonyl (C=O) groups is 1. The largest absolute Gasteiger partial charge is 0.435 e. The van der Waals surface area contributed by atoms with Crippen LogP contribution in [-0.4, -0.2) is 38.9 Å². The molecule has 0 spiro atoms. The molecular weight excluding hydrogens is 430 g/mol. The molecule has 1 aliphatic carbocycles. The Morgan fingerprint density at radius 1 is 1.16 bits per heavy atom. The maximum atomic E-state index is 12.4. The van der Waals surface area contributed by atoms with Gasteiger partial charge in [0.25, 0.3) is 0 Å². The van der Waals surface area contributed by atoms with Crippen molar-refractivity contribution >= 4 is 18.9 Å². The van der Waals surface area contributed by atoms with Crippen LogP contribution in [0.3, 0.4) is 0 Å². The van der Waals surface area contributed by atoms with Gasteiger partial charge < -0.3 is 20.2 Å². The summed E-state index contributed by atoms with van der Waals surface area (Å²) in [7, 11) is 5.63. The number of ether oxygens (including phenoxy) is 1. The molecule has 4 nitrogen and oxygen atoms in total. The van der Waals surface area contributed by atoms with Crippen LogP contribution in [0.5, 0.6) is 5.75 Å². The first-order valence-corrected chi connectivity index (χ1v) is 11.2. The fourth-order valence-electron chi connectivity index (χ4n) is 3.42. The van der Waals surface area contributed by atoms with Gasteiger partial charge >= 0.3 is 6.61 Å². The molecule has 0 amide bonds. The average molecular weight is 467 g/mol. The molecule has 0 saturated heterocycles. The van der Waals surface area contributed by atoms with Gasteiger partial charge in [0.1, 0.15) is 12.0 Å². The zero-order valence-corrected chi connectivity index (χ0v) is 20.5. The third-order valence-electron chi connectivity index (χ3n) is 4.88. The second-order valence-corrected chi connectivity index (χ2v) is 8.68. The van der Waals surface area contributed by atoms with Crippen LogP contribution in [0.2, 0.25) is 0 Å². The van der Waals surface area contributed by atoms with Gasteiger partial charge in [-0.1, -0.05) is 26.0 Å². The third kappa shape index (κ3) is 9.67. The topological polar surface area (TPSA) is 55.6 Å². The summed E-state index contributed by atoms with van der Waals surface area (Å²) >= 11 is 4.21. The van der Waals surface area contributed by atoms with E-state index in [0.717, 1.165) is 47.3 Å². The summed E-state index contributed by atoms with van der Waals surface area (Å²) in [5, 5.41) is 0. The van der Waals surface area contributed by atoms with Crippen LogP contribution in [0.15, 0.2) is 41.3 Å². The number of thiol groups is 1. The van der Waals surface area contributed by atoms with Gasteiger partial charge in [-0.2, -0.15) is 8.78 Å². The number of nitrogens with two attached hydrogens (primary N) is 1. The van der Waals surface area contributed by atoms with Crippen molar-refractivity contribution in [2.24, 2.45) is 5.73 Å². The molecule has 0 aromatic heterocycles. The summed E-state index contributed by atoms with van der Waals surface area (Å²) in [6.07, 6.45) is 3.33. The zero-order valence-electron chi connectivity index (χ0n) is 19.6. The van der Waals surface area contributed by atoms with Crippen LogP contribution in [0.25, 0.3) is 0 Å². The highest BCUT2D eigenvalue weighted by Crippen LogP contribution is 2.45. The number of benzene rings is 2. The Hall–Kier alpha value is -1.96. The van der Waals surface area contributed by atoms with Crippen molar-refractivity contribution in [2.45, 2.75) is 63.0 Å². The van der Waals surface area contributed by atoms with Crippen molar-refractivity contribution in [2.75, 3.05) is 21.1 Å². The van der Waals surface area contributed by atoms with E-state index in [4.69, 9.17) is 0 Å². The van der Waals surface area contributed by atoms with Gasteiger partial charge in [-0.25, -0.2) is 0 Å². The Morgan fingerprint density at radius 2 is 1.75 bits per heavy atom. The van der Waals surface area contributed by atoms with Gasteiger partial charge in [0.15, 0.2) is 0 Å². The number of hydrogen-bond donors (Lipinski definition) is 2. The quantitative estimate of drug-likeness (QED) is 0.390. The molecule has 0 bridgehead atoms. The van der Waals surface area contributed by atoms with Gasteiger partial charge in [0.05, 0.1) is 0 Å². The molecule has 3 rings (SSSR count). The van der Waals surface area contributed by atoms with Crippen LogP contribution in [0.4, 0.5) is 8.78 Å². The summed E-state index contributed by atoms with van der Waals surface area (Å²) in [5.74, 6) is 0.776. The highest BCUT2D eigenvalue weighted by molar-refractivity contribution is 7.80. The standard InChI is InChI=1S/C15H18F2O2.C9H13NS.CH5N/c1-9(2)13-7-11(19-15(16)17)8-14(10-3-4-10)12(13)5-6-18;1-10(2)7-8-3-5-9(11)6-4-8;1-2/h6-10,15H,3-5H2,1-2H3;3-6,11H,7H2,1-2H3;2H2,1H3. The van der Waals surface area contributed by atoms with Crippen molar-refractivity contribution in [3.63, 3.8) is 0 Å². The molecule has 0 atom stereocenters. The minimum absolute atomic E-state index is 0.175. The Labute approximate surface area is 196 Å². The molecule has 0 unspecified atom stereocenters. The summed E-state index contributed by atoms with van der Waals surface area (Å²) in [6, 6.07) is 11.5. The number of aldehydes is 1. The lowest BCUT2D eigenvalue weighted by Crippen LogP contribution is -2.10. The Kier molecular flexibility index (Phi) is 12.5. The fourth-order valence-corrected chi connectivity index (χ4v) is 3.57. The predicted octanol–water partition coefficient (Wildman–Crippen LogP) is 5.64. The highest BCUT2D eigenvalue weighted by Gasteiger charge is 2.28. The Morgan fingerprint density at radius 3 is 2.19 bits per heavy atom. The highest BCUT2D eigenvalue weighted by atomic mass is 32.1. The van der Waals surface area contributed by atoms with E-state index in [1.807, 2.05) is 26.0 Å². The van der Waals surface area contributed by atoms with Gasteiger partial charge in [-0.3, -0.25) is 0 Å². The van der Waals surface area contributed by atoms with E-state index in [-0.39, 0.29) is 11.7 Å². The number of carbonyl (C=O) groups excluding carboxylic acids is 1.